The summed E-state index contributed by atoms with van der Waals surface area (Å²) in [6, 6.07) is 15.6. The van der Waals surface area contributed by atoms with E-state index in [9.17, 15) is 14.4 Å². The minimum atomic E-state index is -0.868. The average molecular weight is 504 g/mol. The van der Waals surface area contributed by atoms with E-state index in [-0.39, 0.29) is 43.0 Å². The van der Waals surface area contributed by atoms with E-state index in [1.165, 1.54) is 0 Å². The lowest BCUT2D eigenvalue weighted by molar-refractivity contribution is -0.148. The Morgan fingerprint density at radius 2 is 1.85 bits per heavy atom. The lowest BCUT2D eigenvalue weighted by Gasteiger charge is -2.36. The van der Waals surface area contributed by atoms with Crippen LogP contribution in [0.1, 0.15) is 18.4 Å². The summed E-state index contributed by atoms with van der Waals surface area (Å²) in [6.45, 7) is 0.955. The van der Waals surface area contributed by atoms with E-state index < -0.39 is 12.0 Å². The largest absolute Gasteiger partial charge is 0.490 e. The number of carbonyl (C=O) groups is 3. The highest BCUT2D eigenvalue weighted by molar-refractivity contribution is 7.80. The smallest absolute Gasteiger partial charge is 0.308 e. The first-order chi connectivity index (χ1) is 16.4. The topological polar surface area (TPSA) is 97.0 Å². The van der Waals surface area contributed by atoms with Crippen LogP contribution >= 0.6 is 23.8 Å². The molecule has 1 unspecified atom stereocenters. The zero-order valence-corrected chi connectivity index (χ0v) is 20.1. The number of aryl methyl sites for hydroxylation is 1. The van der Waals surface area contributed by atoms with E-state index >= 15 is 0 Å². The van der Waals surface area contributed by atoms with E-state index in [2.05, 4.69) is 10.6 Å². The molecular formula is C24H26ClN3O5S. The van der Waals surface area contributed by atoms with Gasteiger partial charge >= 0.3 is 5.97 Å². The minimum absolute atomic E-state index is 0.0469. The Morgan fingerprint density at radius 1 is 1.12 bits per heavy atom. The summed E-state index contributed by atoms with van der Waals surface area (Å²) in [5.74, 6) is -0.532. The molecule has 1 atom stereocenters. The molecular weight excluding hydrogens is 478 g/mol. The number of piperazine rings is 1. The molecule has 0 radical (unpaired) electrons. The van der Waals surface area contributed by atoms with Crippen molar-refractivity contribution < 1.29 is 23.9 Å². The Bertz CT molecular complexity index is 1020. The van der Waals surface area contributed by atoms with Crippen LogP contribution in [-0.2, 0) is 25.5 Å². The Kier molecular flexibility index (Phi) is 9.66. The molecule has 0 bridgehead atoms. The van der Waals surface area contributed by atoms with Gasteiger partial charge in [0.15, 0.2) is 5.11 Å². The van der Waals surface area contributed by atoms with Crippen molar-refractivity contribution >= 4 is 46.7 Å². The van der Waals surface area contributed by atoms with Crippen molar-refractivity contribution in [2.24, 2.45) is 0 Å². The SMILES string of the molecule is O=C(CCc1ccccc1Cl)NC(=S)N1CCNC(=O)C1CC(=O)OCCOc1ccccc1. The molecule has 1 fully saturated rings. The fourth-order valence-corrected chi connectivity index (χ4v) is 3.97. The number of hydrogen-bond donors (Lipinski definition) is 2. The highest BCUT2D eigenvalue weighted by atomic mass is 35.5. The number of nitrogens with one attached hydrogen (secondary N) is 2. The van der Waals surface area contributed by atoms with Crippen LogP contribution < -0.4 is 15.4 Å². The van der Waals surface area contributed by atoms with Crippen LogP contribution in [0.4, 0.5) is 0 Å². The molecule has 34 heavy (non-hydrogen) atoms. The number of esters is 1. The molecule has 2 aromatic rings. The molecule has 2 aromatic carbocycles. The molecule has 10 heteroatoms. The van der Waals surface area contributed by atoms with Gasteiger partial charge in [-0.1, -0.05) is 48.0 Å². The summed E-state index contributed by atoms with van der Waals surface area (Å²) < 4.78 is 10.7. The van der Waals surface area contributed by atoms with Gasteiger partial charge in [-0.15, -0.1) is 0 Å². The Morgan fingerprint density at radius 3 is 2.62 bits per heavy atom. The first-order valence-corrected chi connectivity index (χ1v) is 11.7. The maximum absolute atomic E-state index is 12.4. The van der Waals surface area contributed by atoms with Gasteiger partial charge in [0.2, 0.25) is 11.8 Å². The van der Waals surface area contributed by atoms with Gasteiger partial charge in [-0.25, -0.2) is 0 Å². The molecule has 1 aliphatic rings. The predicted octanol–water partition coefficient (Wildman–Crippen LogP) is 2.49. The van der Waals surface area contributed by atoms with Gasteiger partial charge in [0.1, 0.15) is 25.0 Å². The third-order valence-corrected chi connectivity index (χ3v) is 5.84. The molecule has 8 nitrogen and oxygen atoms in total. The van der Waals surface area contributed by atoms with E-state index in [0.29, 0.717) is 30.3 Å². The monoisotopic (exact) mass is 503 g/mol. The van der Waals surface area contributed by atoms with Gasteiger partial charge in [0.25, 0.3) is 0 Å². The lowest BCUT2D eigenvalue weighted by atomic mass is 10.1. The Labute approximate surface area is 208 Å². The number of hydrogen-bond acceptors (Lipinski definition) is 6. The van der Waals surface area contributed by atoms with Crippen LogP contribution in [0.25, 0.3) is 0 Å². The number of ether oxygens (including phenoxy) is 2. The number of thiocarbonyl (C=S) groups is 1. The molecule has 0 saturated carbocycles. The maximum Gasteiger partial charge on any atom is 0.308 e. The minimum Gasteiger partial charge on any atom is -0.490 e. The van der Waals surface area contributed by atoms with Crippen molar-refractivity contribution in [2.45, 2.75) is 25.3 Å². The van der Waals surface area contributed by atoms with Crippen molar-refractivity contribution in [3.05, 3.63) is 65.2 Å². The molecule has 2 N–H and O–H groups in total. The number of halogens is 1. The van der Waals surface area contributed by atoms with Crippen LogP contribution in [0.2, 0.25) is 5.02 Å². The molecule has 1 saturated heterocycles. The molecule has 180 valence electrons. The summed E-state index contributed by atoms with van der Waals surface area (Å²) in [4.78, 5) is 38.7. The van der Waals surface area contributed by atoms with Crippen molar-refractivity contribution in [1.82, 2.24) is 15.5 Å². The van der Waals surface area contributed by atoms with E-state index in [1.54, 1.807) is 23.1 Å². The van der Waals surface area contributed by atoms with Gasteiger partial charge in [-0.3, -0.25) is 14.4 Å². The second-order valence-corrected chi connectivity index (χ2v) is 8.32. The van der Waals surface area contributed by atoms with Gasteiger partial charge < -0.3 is 25.0 Å². The zero-order valence-electron chi connectivity index (χ0n) is 18.5. The number of rotatable bonds is 9. The van der Waals surface area contributed by atoms with Gasteiger partial charge in [0, 0.05) is 24.5 Å². The van der Waals surface area contributed by atoms with Crippen molar-refractivity contribution in [1.29, 1.82) is 0 Å². The molecule has 1 heterocycles. The molecule has 2 amide bonds. The number of nitrogens with zero attached hydrogens (tertiary/aromatic N) is 1. The molecule has 0 aromatic heterocycles. The summed E-state index contributed by atoms with van der Waals surface area (Å²) in [7, 11) is 0. The van der Waals surface area contributed by atoms with Gasteiger partial charge in [-0.2, -0.15) is 0 Å². The summed E-state index contributed by atoms with van der Waals surface area (Å²) in [6.07, 6.45) is 0.431. The zero-order chi connectivity index (χ0) is 24.3. The molecule has 0 aliphatic carbocycles. The standard InChI is InChI=1S/C24H26ClN3O5S/c25-19-9-5-4-6-17(19)10-11-21(29)27-24(34)28-13-12-26-23(31)20(28)16-22(30)33-15-14-32-18-7-2-1-3-8-18/h1-9,20H,10-16H2,(H,26,31)(H,27,29,34). The molecule has 1 aliphatic heterocycles. The Balaban J connectivity index is 1.46. The quantitative estimate of drug-likeness (QED) is 0.308. The van der Waals surface area contributed by atoms with E-state index in [1.807, 2.05) is 36.4 Å². The number of benzene rings is 2. The normalized spacial score (nSPS) is 15.3. The molecule has 0 spiro atoms. The van der Waals surface area contributed by atoms with Crippen molar-refractivity contribution in [3.63, 3.8) is 0 Å². The fourth-order valence-electron chi connectivity index (χ4n) is 3.41. The average Bonchev–Trinajstić information content (AvgIpc) is 2.83. The predicted molar refractivity (Wildman–Crippen MR) is 132 cm³/mol. The van der Waals surface area contributed by atoms with E-state index in [0.717, 1.165) is 5.56 Å². The van der Waals surface area contributed by atoms with Gasteiger partial charge in [0.05, 0.1) is 6.42 Å². The Hall–Kier alpha value is -3.17. The number of amides is 2. The van der Waals surface area contributed by atoms with Crippen LogP contribution in [-0.4, -0.2) is 60.1 Å². The summed E-state index contributed by atoms with van der Waals surface area (Å²) >= 11 is 11.5. The highest BCUT2D eigenvalue weighted by Gasteiger charge is 2.34. The summed E-state index contributed by atoms with van der Waals surface area (Å²) in [5, 5.41) is 6.07. The molecule has 3 rings (SSSR count). The second kappa shape index (κ2) is 12.9. The second-order valence-electron chi connectivity index (χ2n) is 7.53. The van der Waals surface area contributed by atoms with Crippen LogP contribution in [0.15, 0.2) is 54.6 Å². The van der Waals surface area contributed by atoms with Crippen LogP contribution in [0.5, 0.6) is 5.75 Å². The van der Waals surface area contributed by atoms with E-state index in [4.69, 9.17) is 33.3 Å². The number of carbonyl (C=O) groups excluding carboxylic acids is 3. The first-order valence-electron chi connectivity index (χ1n) is 10.9. The van der Waals surface area contributed by atoms with Crippen molar-refractivity contribution in [2.75, 3.05) is 26.3 Å². The third kappa shape index (κ3) is 7.71. The van der Waals surface area contributed by atoms with Crippen molar-refractivity contribution in [3.8, 4) is 5.75 Å². The highest BCUT2D eigenvalue weighted by Crippen LogP contribution is 2.17. The third-order valence-electron chi connectivity index (χ3n) is 5.14. The lowest BCUT2D eigenvalue weighted by Crippen LogP contribution is -2.60. The summed E-state index contributed by atoms with van der Waals surface area (Å²) in [5.41, 5.74) is 0.861. The van der Waals surface area contributed by atoms with Crippen LogP contribution in [0.3, 0.4) is 0 Å². The van der Waals surface area contributed by atoms with Gasteiger partial charge in [-0.05, 0) is 42.4 Å². The maximum atomic E-state index is 12.4. The number of para-hydroxylation sites is 1. The first kappa shape index (κ1) is 25.5. The fraction of sp³-hybridized carbons (Fsp3) is 0.333. The van der Waals surface area contributed by atoms with Crippen LogP contribution in [0, 0.1) is 0 Å².